The van der Waals surface area contributed by atoms with E-state index in [1.165, 1.54) is 6.92 Å². The van der Waals surface area contributed by atoms with E-state index >= 15 is 0 Å². The molecule has 0 aliphatic heterocycles. The van der Waals surface area contributed by atoms with E-state index < -0.39 is 0 Å². The fourth-order valence-corrected chi connectivity index (χ4v) is 2.19. The Balaban J connectivity index is 2.50. The molecular weight excluding hydrogens is 280 g/mol. The summed E-state index contributed by atoms with van der Waals surface area (Å²) < 4.78 is 5.37. The Labute approximate surface area is 129 Å². The quantitative estimate of drug-likeness (QED) is 0.912. The Hall–Kier alpha value is -2.82. The van der Waals surface area contributed by atoms with Crippen molar-refractivity contribution in [3.63, 3.8) is 0 Å². The Morgan fingerprint density at radius 1 is 1.09 bits per heavy atom. The van der Waals surface area contributed by atoms with Crippen molar-refractivity contribution in [2.45, 2.75) is 6.92 Å². The van der Waals surface area contributed by atoms with Gasteiger partial charge in [0.1, 0.15) is 5.75 Å². The van der Waals surface area contributed by atoms with Crippen molar-refractivity contribution in [3.8, 4) is 16.9 Å². The molecule has 2 aromatic rings. The zero-order valence-electron chi connectivity index (χ0n) is 12.8. The van der Waals surface area contributed by atoms with Crippen LogP contribution >= 0.6 is 0 Å². The summed E-state index contributed by atoms with van der Waals surface area (Å²) in [5.41, 5.74) is 2.88. The highest BCUT2D eigenvalue weighted by atomic mass is 16.5. The Morgan fingerprint density at radius 3 is 2.50 bits per heavy atom. The first-order valence-electron chi connectivity index (χ1n) is 6.83. The molecule has 2 aromatic carbocycles. The van der Waals surface area contributed by atoms with E-state index in [2.05, 4.69) is 10.6 Å². The van der Waals surface area contributed by atoms with Gasteiger partial charge in [-0.15, -0.1) is 0 Å². The summed E-state index contributed by atoms with van der Waals surface area (Å²) >= 11 is 0. The van der Waals surface area contributed by atoms with Gasteiger partial charge in [-0.1, -0.05) is 12.1 Å². The zero-order chi connectivity index (χ0) is 16.1. The van der Waals surface area contributed by atoms with Gasteiger partial charge < -0.3 is 15.4 Å². The summed E-state index contributed by atoms with van der Waals surface area (Å²) in [7, 11) is 3.17. The number of hydrogen-bond donors (Lipinski definition) is 2. The maximum absolute atomic E-state index is 11.8. The monoisotopic (exact) mass is 298 g/mol. The maximum Gasteiger partial charge on any atom is 0.251 e. The number of carbonyl (C=O) groups is 2. The molecule has 114 valence electrons. The Morgan fingerprint density at radius 2 is 1.86 bits per heavy atom. The smallest absolute Gasteiger partial charge is 0.251 e. The fraction of sp³-hybridized carbons (Fsp3) is 0.176. The molecule has 2 rings (SSSR count). The van der Waals surface area contributed by atoms with E-state index in [1.807, 2.05) is 18.2 Å². The molecule has 0 radical (unpaired) electrons. The van der Waals surface area contributed by atoms with E-state index in [4.69, 9.17) is 4.74 Å². The molecule has 0 saturated carbocycles. The number of anilines is 1. The molecule has 0 bridgehead atoms. The Kier molecular flexibility index (Phi) is 4.78. The molecule has 5 heteroatoms. The number of nitrogens with one attached hydrogen (secondary N) is 2. The van der Waals surface area contributed by atoms with Gasteiger partial charge in [0.2, 0.25) is 5.91 Å². The van der Waals surface area contributed by atoms with Crippen LogP contribution in [0.2, 0.25) is 0 Å². The van der Waals surface area contributed by atoms with E-state index in [1.54, 1.807) is 38.4 Å². The fourth-order valence-electron chi connectivity index (χ4n) is 2.19. The first-order valence-corrected chi connectivity index (χ1v) is 6.83. The number of hydrogen-bond acceptors (Lipinski definition) is 3. The molecular formula is C17H18N2O3. The summed E-state index contributed by atoms with van der Waals surface area (Å²) in [6.45, 7) is 1.46. The van der Waals surface area contributed by atoms with E-state index in [9.17, 15) is 9.59 Å². The lowest BCUT2D eigenvalue weighted by molar-refractivity contribution is -0.114. The van der Waals surface area contributed by atoms with Gasteiger partial charge in [-0.3, -0.25) is 9.59 Å². The lowest BCUT2D eigenvalue weighted by atomic mass is 10.0. The molecule has 0 spiro atoms. The van der Waals surface area contributed by atoms with Crippen molar-refractivity contribution in [3.05, 3.63) is 48.0 Å². The molecule has 2 N–H and O–H groups in total. The topological polar surface area (TPSA) is 67.4 Å². The van der Waals surface area contributed by atoms with Gasteiger partial charge in [-0.25, -0.2) is 0 Å². The zero-order valence-corrected chi connectivity index (χ0v) is 12.8. The van der Waals surface area contributed by atoms with Crippen LogP contribution in [0.3, 0.4) is 0 Å². The van der Waals surface area contributed by atoms with Gasteiger partial charge in [-0.05, 0) is 35.9 Å². The molecule has 5 nitrogen and oxygen atoms in total. The largest absolute Gasteiger partial charge is 0.496 e. The summed E-state index contributed by atoms with van der Waals surface area (Å²) in [5.74, 6) is 0.359. The number of methoxy groups -OCH3 is 1. The predicted molar refractivity (Wildman–Crippen MR) is 86.1 cm³/mol. The van der Waals surface area contributed by atoms with Gasteiger partial charge in [0, 0.05) is 30.8 Å². The summed E-state index contributed by atoms with van der Waals surface area (Å²) in [6.07, 6.45) is 0. The molecule has 0 aliphatic carbocycles. The normalized spacial score (nSPS) is 9.95. The highest BCUT2D eigenvalue weighted by Crippen LogP contribution is 2.32. The standard InChI is InChI=1S/C17H18N2O3/c1-11(20)19-14-6-4-5-12(9-14)15-10-13(17(21)18-2)7-8-16(15)22-3/h4-10H,1-3H3,(H,18,21)(H,19,20). The molecule has 0 atom stereocenters. The lowest BCUT2D eigenvalue weighted by Crippen LogP contribution is -2.17. The molecule has 0 unspecified atom stereocenters. The highest BCUT2D eigenvalue weighted by molar-refractivity contribution is 5.96. The molecule has 0 aliphatic rings. The van der Waals surface area contributed by atoms with Gasteiger partial charge >= 0.3 is 0 Å². The van der Waals surface area contributed by atoms with Crippen LogP contribution in [0.1, 0.15) is 17.3 Å². The molecule has 2 amide bonds. The molecule has 0 saturated heterocycles. The first kappa shape index (κ1) is 15.6. The van der Waals surface area contributed by atoms with Crippen molar-refractivity contribution >= 4 is 17.5 Å². The number of ether oxygens (including phenoxy) is 1. The van der Waals surface area contributed by atoms with Gasteiger partial charge in [0.25, 0.3) is 5.91 Å². The second-order valence-electron chi connectivity index (χ2n) is 4.76. The van der Waals surface area contributed by atoms with Crippen LogP contribution in [0.15, 0.2) is 42.5 Å². The second-order valence-corrected chi connectivity index (χ2v) is 4.76. The van der Waals surface area contributed by atoms with Crippen LogP contribution in [0.4, 0.5) is 5.69 Å². The SMILES string of the molecule is CNC(=O)c1ccc(OC)c(-c2cccc(NC(C)=O)c2)c1. The third-order valence-electron chi connectivity index (χ3n) is 3.18. The molecule has 0 fully saturated rings. The average Bonchev–Trinajstić information content (AvgIpc) is 2.53. The summed E-state index contributed by atoms with van der Waals surface area (Å²) in [6, 6.07) is 12.6. The van der Waals surface area contributed by atoms with Crippen LogP contribution in [-0.4, -0.2) is 26.0 Å². The van der Waals surface area contributed by atoms with Crippen LogP contribution in [0.25, 0.3) is 11.1 Å². The van der Waals surface area contributed by atoms with E-state index in [0.29, 0.717) is 17.0 Å². The van der Waals surface area contributed by atoms with Gasteiger partial charge in [0.05, 0.1) is 7.11 Å². The molecule has 0 heterocycles. The average molecular weight is 298 g/mol. The third-order valence-corrected chi connectivity index (χ3v) is 3.18. The minimum Gasteiger partial charge on any atom is -0.496 e. The number of amides is 2. The lowest BCUT2D eigenvalue weighted by Gasteiger charge is -2.12. The first-order chi connectivity index (χ1) is 10.5. The minimum absolute atomic E-state index is 0.136. The number of benzene rings is 2. The Bertz CT molecular complexity index is 711. The van der Waals surface area contributed by atoms with Crippen molar-refractivity contribution in [1.82, 2.24) is 5.32 Å². The van der Waals surface area contributed by atoms with Crippen LogP contribution in [0.5, 0.6) is 5.75 Å². The van der Waals surface area contributed by atoms with Crippen LogP contribution < -0.4 is 15.4 Å². The van der Waals surface area contributed by atoms with Crippen molar-refractivity contribution in [1.29, 1.82) is 0 Å². The maximum atomic E-state index is 11.8. The molecule has 22 heavy (non-hydrogen) atoms. The summed E-state index contributed by atoms with van der Waals surface area (Å²) in [4.78, 5) is 23.0. The second kappa shape index (κ2) is 6.76. The summed E-state index contributed by atoms with van der Waals surface area (Å²) in [5, 5.41) is 5.34. The minimum atomic E-state index is -0.165. The van der Waals surface area contributed by atoms with Gasteiger partial charge in [-0.2, -0.15) is 0 Å². The van der Waals surface area contributed by atoms with Crippen molar-refractivity contribution in [2.24, 2.45) is 0 Å². The van der Waals surface area contributed by atoms with Gasteiger partial charge in [0.15, 0.2) is 0 Å². The van der Waals surface area contributed by atoms with Crippen molar-refractivity contribution < 1.29 is 14.3 Å². The van der Waals surface area contributed by atoms with E-state index in [-0.39, 0.29) is 11.8 Å². The number of rotatable bonds is 4. The number of carbonyl (C=O) groups excluding carboxylic acids is 2. The highest BCUT2D eigenvalue weighted by Gasteiger charge is 2.11. The van der Waals surface area contributed by atoms with Crippen LogP contribution in [0, 0.1) is 0 Å². The van der Waals surface area contributed by atoms with Crippen LogP contribution in [-0.2, 0) is 4.79 Å². The molecule has 0 aromatic heterocycles. The van der Waals surface area contributed by atoms with Crippen molar-refractivity contribution in [2.75, 3.05) is 19.5 Å². The van der Waals surface area contributed by atoms with E-state index in [0.717, 1.165) is 11.1 Å². The third kappa shape index (κ3) is 3.44. The predicted octanol–water partition coefficient (Wildman–Crippen LogP) is 2.68.